The second kappa shape index (κ2) is 8.39. The van der Waals surface area contributed by atoms with Gasteiger partial charge < -0.3 is 13.6 Å². The Bertz CT molecular complexity index is 1250. The first-order valence-corrected chi connectivity index (χ1v) is 9.22. The van der Waals surface area contributed by atoms with E-state index in [0.717, 1.165) is 5.56 Å². The highest BCUT2D eigenvalue weighted by atomic mass is 16.4. The molecule has 0 radical (unpaired) electrons. The number of carbonyl (C=O) groups is 1. The van der Waals surface area contributed by atoms with E-state index in [4.69, 9.17) is 4.42 Å². The molecule has 3 aromatic heterocycles. The maximum atomic E-state index is 12.6. The second-order valence-corrected chi connectivity index (χ2v) is 6.52. The molecule has 0 bridgehead atoms. The van der Waals surface area contributed by atoms with Crippen molar-refractivity contribution in [3.05, 3.63) is 124 Å². The minimum atomic E-state index is -0.468. The van der Waals surface area contributed by atoms with E-state index in [9.17, 15) is 9.59 Å². The molecule has 0 saturated heterocycles. The van der Waals surface area contributed by atoms with Crippen molar-refractivity contribution in [3.8, 4) is 0 Å². The number of furan rings is 1. The lowest BCUT2D eigenvalue weighted by molar-refractivity contribution is 0.0968. The predicted octanol–water partition coefficient (Wildman–Crippen LogP) is 3.08. The van der Waals surface area contributed by atoms with Crippen LogP contribution in [0.5, 0.6) is 0 Å². The Morgan fingerprint density at radius 2 is 1.52 bits per heavy atom. The minimum Gasteiger partial charge on any atom is -0.454 e. The Kier molecular flexibility index (Phi) is 5.33. The molecule has 4 rings (SSSR count). The van der Waals surface area contributed by atoms with Gasteiger partial charge in [0.1, 0.15) is 11.2 Å². The fraction of sp³-hybridized carbons (Fsp3) is 0.0870. The number of hydrogen-bond acceptors (Lipinski definition) is 3. The average Bonchev–Trinajstić information content (AvgIpc) is 3.21. The van der Waals surface area contributed by atoms with Gasteiger partial charge in [-0.05, 0) is 35.9 Å². The number of benzene rings is 1. The molecule has 1 aromatic carbocycles. The van der Waals surface area contributed by atoms with Gasteiger partial charge in [-0.1, -0.05) is 42.5 Å². The number of amides is 1. The standard InChI is InChI=1S/C23H19N3O3/c27-22-11-5-7-15-26(22)17-19-12-13-20(29-19)23(28)24-21-10-4-6-14-25(21)16-18-8-2-1-3-9-18/h1-15H,16-17H2. The monoisotopic (exact) mass is 385 g/mol. The van der Waals surface area contributed by atoms with E-state index in [1.807, 2.05) is 53.2 Å². The molecule has 144 valence electrons. The molecule has 29 heavy (non-hydrogen) atoms. The number of pyridine rings is 2. The van der Waals surface area contributed by atoms with Gasteiger partial charge in [-0.3, -0.25) is 9.59 Å². The highest BCUT2D eigenvalue weighted by Crippen LogP contribution is 2.10. The van der Waals surface area contributed by atoms with Crippen LogP contribution < -0.4 is 11.0 Å². The summed E-state index contributed by atoms with van der Waals surface area (Å²) in [5.41, 5.74) is 1.52. The lowest BCUT2D eigenvalue weighted by Gasteiger charge is -2.07. The number of rotatable bonds is 5. The first kappa shape index (κ1) is 18.4. The van der Waals surface area contributed by atoms with Crippen molar-refractivity contribution in [2.45, 2.75) is 13.1 Å². The fourth-order valence-corrected chi connectivity index (χ4v) is 2.98. The van der Waals surface area contributed by atoms with Crippen LogP contribution in [0.3, 0.4) is 0 Å². The van der Waals surface area contributed by atoms with Gasteiger partial charge in [-0.15, -0.1) is 0 Å². The maximum absolute atomic E-state index is 12.6. The van der Waals surface area contributed by atoms with Crippen molar-refractivity contribution < 1.29 is 9.21 Å². The summed E-state index contributed by atoms with van der Waals surface area (Å²) in [4.78, 5) is 28.7. The molecular formula is C23H19N3O3. The average molecular weight is 385 g/mol. The van der Waals surface area contributed by atoms with Crippen LogP contribution in [0.4, 0.5) is 0 Å². The third-order valence-corrected chi connectivity index (χ3v) is 4.43. The summed E-state index contributed by atoms with van der Waals surface area (Å²) >= 11 is 0. The predicted molar refractivity (Wildman–Crippen MR) is 108 cm³/mol. The van der Waals surface area contributed by atoms with Gasteiger partial charge >= 0.3 is 5.91 Å². The van der Waals surface area contributed by atoms with E-state index in [0.29, 0.717) is 17.8 Å². The van der Waals surface area contributed by atoms with Crippen LogP contribution in [0, 0.1) is 0 Å². The van der Waals surface area contributed by atoms with Crippen molar-refractivity contribution in [2.24, 2.45) is 4.99 Å². The molecule has 0 saturated carbocycles. The molecule has 0 aliphatic carbocycles. The van der Waals surface area contributed by atoms with Crippen molar-refractivity contribution in [1.29, 1.82) is 0 Å². The van der Waals surface area contributed by atoms with Gasteiger partial charge in [-0.25, -0.2) is 0 Å². The third kappa shape index (κ3) is 4.50. The second-order valence-electron chi connectivity index (χ2n) is 6.52. The molecule has 6 nitrogen and oxygen atoms in total. The van der Waals surface area contributed by atoms with Crippen molar-refractivity contribution in [1.82, 2.24) is 9.13 Å². The van der Waals surface area contributed by atoms with Gasteiger partial charge in [0, 0.05) is 25.0 Å². The SMILES string of the molecule is O=C(N=c1ccccn1Cc1ccccc1)c1ccc(Cn2ccccc2=O)o1. The van der Waals surface area contributed by atoms with Crippen LogP contribution in [0.15, 0.2) is 105 Å². The van der Waals surface area contributed by atoms with Crippen LogP contribution >= 0.6 is 0 Å². The summed E-state index contributed by atoms with van der Waals surface area (Å²) in [6, 6.07) is 23.7. The third-order valence-electron chi connectivity index (χ3n) is 4.43. The van der Waals surface area contributed by atoms with E-state index < -0.39 is 5.91 Å². The molecule has 0 aliphatic heterocycles. The zero-order valence-corrected chi connectivity index (χ0v) is 15.6. The van der Waals surface area contributed by atoms with Crippen molar-refractivity contribution in [2.75, 3.05) is 0 Å². The number of nitrogens with zero attached hydrogens (tertiary/aromatic N) is 3. The molecule has 1 amide bonds. The van der Waals surface area contributed by atoms with E-state index in [-0.39, 0.29) is 17.9 Å². The molecule has 0 N–H and O–H groups in total. The Hall–Kier alpha value is -3.93. The highest BCUT2D eigenvalue weighted by molar-refractivity contribution is 5.92. The number of aromatic nitrogens is 2. The van der Waals surface area contributed by atoms with Gasteiger partial charge in [0.2, 0.25) is 0 Å². The molecule has 0 spiro atoms. The van der Waals surface area contributed by atoms with E-state index >= 15 is 0 Å². The normalized spacial score (nSPS) is 11.5. The summed E-state index contributed by atoms with van der Waals surface area (Å²) in [5, 5.41) is 0. The van der Waals surface area contributed by atoms with E-state index in [1.165, 1.54) is 10.6 Å². The summed E-state index contributed by atoms with van der Waals surface area (Å²) in [5.74, 6) is 0.186. The molecule has 0 unspecified atom stereocenters. The summed E-state index contributed by atoms with van der Waals surface area (Å²) in [7, 11) is 0. The molecule has 0 fully saturated rings. The van der Waals surface area contributed by atoms with Gasteiger partial charge in [0.05, 0.1) is 6.54 Å². The largest absolute Gasteiger partial charge is 0.454 e. The van der Waals surface area contributed by atoms with Crippen LogP contribution in [-0.2, 0) is 13.1 Å². The maximum Gasteiger partial charge on any atom is 0.314 e. The summed E-state index contributed by atoms with van der Waals surface area (Å²) in [6.45, 7) is 0.862. The van der Waals surface area contributed by atoms with Crippen molar-refractivity contribution in [3.63, 3.8) is 0 Å². The molecule has 0 aliphatic rings. The van der Waals surface area contributed by atoms with E-state index in [2.05, 4.69) is 4.99 Å². The Balaban J connectivity index is 1.57. The number of carbonyl (C=O) groups excluding carboxylic acids is 1. The first-order chi connectivity index (χ1) is 14.2. The van der Waals surface area contributed by atoms with Gasteiger partial charge in [0.25, 0.3) is 5.56 Å². The van der Waals surface area contributed by atoms with Crippen LogP contribution in [0.1, 0.15) is 21.9 Å². The summed E-state index contributed by atoms with van der Waals surface area (Å²) in [6.07, 6.45) is 3.56. The Labute approximate surface area is 167 Å². The topological polar surface area (TPSA) is 69.5 Å². The van der Waals surface area contributed by atoms with Crippen molar-refractivity contribution >= 4 is 5.91 Å². The molecular weight excluding hydrogens is 366 g/mol. The van der Waals surface area contributed by atoms with Crippen LogP contribution in [0.25, 0.3) is 0 Å². The molecule has 0 atom stereocenters. The molecule has 6 heteroatoms. The zero-order valence-electron chi connectivity index (χ0n) is 15.6. The van der Waals surface area contributed by atoms with E-state index in [1.54, 1.807) is 36.5 Å². The Morgan fingerprint density at radius 1 is 0.793 bits per heavy atom. The minimum absolute atomic E-state index is 0.132. The van der Waals surface area contributed by atoms with Crippen LogP contribution in [-0.4, -0.2) is 15.0 Å². The van der Waals surface area contributed by atoms with Gasteiger partial charge in [-0.2, -0.15) is 4.99 Å². The molecule has 3 heterocycles. The quantitative estimate of drug-likeness (QED) is 0.530. The van der Waals surface area contributed by atoms with Crippen LogP contribution in [0.2, 0.25) is 0 Å². The summed E-state index contributed by atoms with van der Waals surface area (Å²) < 4.78 is 9.04. The van der Waals surface area contributed by atoms with Gasteiger partial charge in [0.15, 0.2) is 5.76 Å². The zero-order chi connectivity index (χ0) is 20.1. The Morgan fingerprint density at radius 3 is 2.31 bits per heavy atom. The smallest absolute Gasteiger partial charge is 0.314 e. The first-order valence-electron chi connectivity index (χ1n) is 9.22. The highest BCUT2D eigenvalue weighted by Gasteiger charge is 2.11. The molecule has 4 aromatic rings. The number of hydrogen-bond donors (Lipinski definition) is 0. The lowest BCUT2D eigenvalue weighted by Crippen LogP contribution is -2.22. The fourth-order valence-electron chi connectivity index (χ4n) is 2.98. The lowest BCUT2D eigenvalue weighted by atomic mass is 10.2.